The molecular weight excluding hydrogens is 378 g/mol. The van der Waals surface area contributed by atoms with E-state index in [0.29, 0.717) is 28.2 Å². The van der Waals surface area contributed by atoms with Crippen molar-refractivity contribution >= 4 is 35.0 Å². The van der Waals surface area contributed by atoms with Crippen LogP contribution in [0.1, 0.15) is 23.7 Å². The van der Waals surface area contributed by atoms with Crippen molar-refractivity contribution in [2.24, 2.45) is 0 Å². The summed E-state index contributed by atoms with van der Waals surface area (Å²) in [6.07, 6.45) is 4.11. The second-order valence-corrected chi connectivity index (χ2v) is 8.36. The molecule has 1 aliphatic rings. The zero-order valence-corrected chi connectivity index (χ0v) is 16.4. The molecule has 2 heterocycles. The maximum absolute atomic E-state index is 13.2. The molecule has 1 atom stereocenters. The summed E-state index contributed by atoms with van der Waals surface area (Å²) >= 11 is 7.97. The molecule has 6 heteroatoms. The summed E-state index contributed by atoms with van der Waals surface area (Å²) in [5, 5.41) is 1.05. The third-order valence-electron chi connectivity index (χ3n) is 4.48. The van der Waals surface area contributed by atoms with Gasteiger partial charge in [0, 0.05) is 39.7 Å². The number of aromatic nitrogens is 2. The molecule has 3 aromatic rings. The molecule has 4 nitrogen and oxygen atoms in total. The highest BCUT2D eigenvalue weighted by molar-refractivity contribution is 8.00. The normalized spacial score (nSPS) is 16.5. The Kier molecular flexibility index (Phi) is 5.14. The lowest BCUT2D eigenvalue weighted by molar-refractivity contribution is 0.0986. The number of carbonyl (C=O) groups is 1. The molecule has 0 radical (unpaired) electrons. The summed E-state index contributed by atoms with van der Waals surface area (Å²) in [6, 6.07) is 15.4. The number of benzene rings is 2. The smallest absolute Gasteiger partial charge is 0.261 e. The van der Waals surface area contributed by atoms with Gasteiger partial charge in [-0.05, 0) is 24.6 Å². The van der Waals surface area contributed by atoms with E-state index in [4.69, 9.17) is 11.6 Å². The highest BCUT2D eigenvalue weighted by Crippen LogP contribution is 2.39. The summed E-state index contributed by atoms with van der Waals surface area (Å²) in [5.74, 6) is 0.503. The molecular formula is C21H18ClN3OS. The molecule has 0 fully saturated rings. The first-order valence-electron chi connectivity index (χ1n) is 8.77. The summed E-state index contributed by atoms with van der Waals surface area (Å²) < 4.78 is 0. The van der Waals surface area contributed by atoms with E-state index in [1.807, 2.05) is 48.5 Å². The summed E-state index contributed by atoms with van der Waals surface area (Å²) in [5.41, 5.74) is 2.25. The minimum Gasteiger partial charge on any atom is -0.307 e. The lowest BCUT2D eigenvalue weighted by Crippen LogP contribution is -2.32. The predicted molar refractivity (Wildman–Crippen MR) is 111 cm³/mol. The molecule has 1 unspecified atom stereocenters. The number of hydrogen-bond donors (Lipinski definition) is 0. The SMILES string of the molecule is CC1CCN(C(=O)c2cnc(-c3ccccc3)nc2)c2cc(Cl)ccc2S1. The topological polar surface area (TPSA) is 46.1 Å². The quantitative estimate of drug-likeness (QED) is 0.588. The monoisotopic (exact) mass is 395 g/mol. The van der Waals surface area contributed by atoms with Gasteiger partial charge in [0.15, 0.2) is 5.82 Å². The number of fused-ring (bicyclic) bond motifs is 1. The molecule has 1 amide bonds. The van der Waals surface area contributed by atoms with Gasteiger partial charge in [-0.2, -0.15) is 0 Å². The number of carbonyl (C=O) groups excluding carboxylic acids is 1. The molecule has 0 saturated carbocycles. The molecule has 0 bridgehead atoms. The van der Waals surface area contributed by atoms with Crippen LogP contribution in [0.4, 0.5) is 5.69 Å². The third-order valence-corrected chi connectivity index (χ3v) is 5.95. The second-order valence-electron chi connectivity index (χ2n) is 6.45. The van der Waals surface area contributed by atoms with Crippen molar-refractivity contribution in [3.63, 3.8) is 0 Å². The van der Waals surface area contributed by atoms with Crippen molar-refractivity contribution in [3.8, 4) is 11.4 Å². The molecule has 0 aliphatic carbocycles. The first kappa shape index (κ1) is 18.0. The summed E-state index contributed by atoms with van der Waals surface area (Å²) in [7, 11) is 0. The first-order valence-corrected chi connectivity index (χ1v) is 10.0. The van der Waals surface area contributed by atoms with Crippen LogP contribution in [0.2, 0.25) is 5.02 Å². The van der Waals surface area contributed by atoms with Crippen molar-refractivity contribution in [2.45, 2.75) is 23.5 Å². The van der Waals surface area contributed by atoms with Crippen molar-refractivity contribution in [1.82, 2.24) is 9.97 Å². The van der Waals surface area contributed by atoms with Crippen LogP contribution in [0.5, 0.6) is 0 Å². The van der Waals surface area contributed by atoms with Gasteiger partial charge in [0.05, 0.1) is 11.3 Å². The highest BCUT2D eigenvalue weighted by Gasteiger charge is 2.26. The van der Waals surface area contributed by atoms with Crippen molar-refractivity contribution in [2.75, 3.05) is 11.4 Å². The zero-order chi connectivity index (χ0) is 18.8. The van der Waals surface area contributed by atoms with Gasteiger partial charge in [-0.1, -0.05) is 48.9 Å². The number of anilines is 1. The van der Waals surface area contributed by atoms with Gasteiger partial charge >= 0.3 is 0 Å². The number of amides is 1. The molecule has 4 rings (SSSR count). The number of hydrogen-bond acceptors (Lipinski definition) is 4. The Balaban J connectivity index is 1.65. The van der Waals surface area contributed by atoms with Crippen LogP contribution in [-0.4, -0.2) is 27.7 Å². The number of halogens is 1. The van der Waals surface area contributed by atoms with Gasteiger partial charge in [0.1, 0.15) is 0 Å². The Morgan fingerprint density at radius 3 is 2.63 bits per heavy atom. The highest BCUT2D eigenvalue weighted by atomic mass is 35.5. The minimum absolute atomic E-state index is 0.104. The zero-order valence-electron chi connectivity index (χ0n) is 14.8. The minimum atomic E-state index is -0.104. The van der Waals surface area contributed by atoms with E-state index >= 15 is 0 Å². The first-order chi connectivity index (χ1) is 13.1. The van der Waals surface area contributed by atoms with Crippen LogP contribution in [0.15, 0.2) is 65.8 Å². The lowest BCUT2D eigenvalue weighted by Gasteiger charge is -2.22. The van der Waals surface area contributed by atoms with Crippen LogP contribution in [0, 0.1) is 0 Å². The largest absolute Gasteiger partial charge is 0.307 e. The van der Waals surface area contributed by atoms with Crippen molar-refractivity contribution < 1.29 is 4.79 Å². The molecule has 1 aliphatic heterocycles. The summed E-state index contributed by atoms with van der Waals surface area (Å²) in [4.78, 5) is 24.8. The average molecular weight is 396 g/mol. The molecule has 0 spiro atoms. The molecule has 2 aromatic carbocycles. The van der Waals surface area contributed by atoms with E-state index < -0.39 is 0 Å². The molecule has 136 valence electrons. The molecule has 1 aromatic heterocycles. The number of nitrogens with zero attached hydrogens (tertiary/aromatic N) is 3. The maximum atomic E-state index is 13.2. The predicted octanol–water partition coefficient (Wildman–Crippen LogP) is 5.33. The van der Waals surface area contributed by atoms with Gasteiger partial charge in [-0.25, -0.2) is 9.97 Å². The van der Waals surface area contributed by atoms with Crippen LogP contribution >= 0.6 is 23.4 Å². The van der Waals surface area contributed by atoms with Gasteiger partial charge in [-0.15, -0.1) is 11.8 Å². The van der Waals surface area contributed by atoms with E-state index in [1.54, 1.807) is 29.1 Å². The molecule has 0 saturated heterocycles. The fourth-order valence-electron chi connectivity index (χ4n) is 3.05. The van der Waals surface area contributed by atoms with Gasteiger partial charge < -0.3 is 4.90 Å². The molecule has 27 heavy (non-hydrogen) atoms. The Labute approximate surface area is 167 Å². The maximum Gasteiger partial charge on any atom is 0.261 e. The Morgan fingerprint density at radius 1 is 1.15 bits per heavy atom. The van der Waals surface area contributed by atoms with E-state index in [0.717, 1.165) is 22.6 Å². The van der Waals surface area contributed by atoms with Crippen molar-refractivity contribution in [1.29, 1.82) is 0 Å². The van der Waals surface area contributed by atoms with Crippen molar-refractivity contribution in [3.05, 3.63) is 71.5 Å². The van der Waals surface area contributed by atoms with E-state index in [-0.39, 0.29) is 5.91 Å². The molecule has 0 N–H and O–H groups in total. The van der Waals surface area contributed by atoms with Crippen LogP contribution in [0.25, 0.3) is 11.4 Å². The Morgan fingerprint density at radius 2 is 1.89 bits per heavy atom. The third kappa shape index (κ3) is 3.84. The Hall–Kier alpha value is -2.37. The summed E-state index contributed by atoms with van der Waals surface area (Å²) in [6.45, 7) is 2.82. The fraction of sp³-hybridized carbons (Fsp3) is 0.190. The van der Waals surface area contributed by atoms with Crippen LogP contribution in [-0.2, 0) is 0 Å². The number of rotatable bonds is 2. The fourth-order valence-corrected chi connectivity index (χ4v) is 4.31. The Bertz CT molecular complexity index is 963. The second kappa shape index (κ2) is 7.71. The van der Waals surface area contributed by atoms with E-state index in [1.165, 1.54) is 0 Å². The lowest BCUT2D eigenvalue weighted by atomic mass is 10.2. The average Bonchev–Trinajstić information content (AvgIpc) is 2.86. The van der Waals surface area contributed by atoms with E-state index in [2.05, 4.69) is 16.9 Å². The van der Waals surface area contributed by atoms with E-state index in [9.17, 15) is 4.79 Å². The van der Waals surface area contributed by atoms with Gasteiger partial charge in [0.2, 0.25) is 0 Å². The van der Waals surface area contributed by atoms with Crippen LogP contribution in [0.3, 0.4) is 0 Å². The van der Waals surface area contributed by atoms with Crippen LogP contribution < -0.4 is 4.90 Å². The number of thioether (sulfide) groups is 1. The standard InChI is InChI=1S/C21H18ClN3OS/c1-14-9-10-25(18-11-17(22)7-8-19(18)27-14)21(26)16-12-23-20(24-13-16)15-5-3-2-4-6-15/h2-8,11-14H,9-10H2,1H3. The van der Waals surface area contributed by atoms with Gasteiger partial charge in [0.25, 0.3) is 5.91 Å². The van der Waals surface area contributed by atoms with Gasteiger partial charge in [-0.3, -0.25) is 4.79 Å².